The highest BCUT2D eigenvalue weighted by Crippen LogP contribution is 2.23. The number of benzene rings is 2. The molecule has 0 saturated carbocycles. The molecular weight excluding hydrogens is 258 g/mol. The predicted molar refractivity (Wildman–Crippen MR) is 74.1 cm³/mol. The number of nitrogens with one attached hydrogen (secondary N) is 1. The number of carbonyl (C=O) groups excluding carboxylic acids is 1. The van der Waals surface area contributed by atoms with Crippen molar-refractivity contribution in [1.82, 2.24) is 5.32 Å². The van der Waals surface area contributed by atoms with Crippen molar-refractivity contribution in [2.24, 2.45) is 5.73 Å². The van der Waals surface area contributed by atoms with E-state index in [1.807, 2.05) is 30.3 Å². The number of nitrogens with zero attached hydrogens (tertiary/aromatic N) is 1. The number of rotatable bonds is 4. The Balaban J connectivity index is 2.36. The fourth-order valence-electron chi connectivity index (χ4n) is 1.94. The quantitative estimate of drug-likeness (QED) is 0.659. The van der Waals surface area contributed by atoms with Crippen molar-refractivity contribution < 1.29 is 9.72 Å². The first-order valence-corrected chi connectivity index (χ1v) is 5.93. The highest BCUT2D eigenvalue weighted by atomic mass is 16.6. The number of carbonyl (C=O) groups is 1. The van der Waals surface area contributed by atoms with Crippen LogP contribution in [0.3, 0.4) is 0 Å². The smallest absolute Gasteiger partial charge is 0.312 e. The van der Waals surface area contributed by atoms with E-state index in [0.29, 0.717) is 0 Å². The van der Waals surface area contributed by atoms with Crippen molar-refractivity contribution in [3.8, 4) is 0 Å². The molecular formula is C14H13N3O3. The molecule has 6 nitrogen and oxygen atoms in total. The number of urea groups is 1. The summed E-state index contributed by atoms with van der Waals surface area (Å²) in [6.07, 6.45) is 0. The van der Waals surface area contributed by atoms with E-state index in [1.54, 1.807) is 12.1 Å². The van der Waals surface area contributed by atoms with E-state index >= 15 is 0 Å². The molecule has 102 valence electrons. The molecule has 1 unspecified atom stereocenters. The van der Waals surface area contributed by atoms with E-state index in [0.717, 1.165) is 11.1 Å². The molecule has 0 saturated heterocycles. The second-order valence-corrected chi connectivity index (χ2v) is 4.20. The van der Waals surface area contributed by atoms with Crippen LogP contribution in [0.15, 0.2) is 54.6 Å². The lowest BCUT2D eigenvalue weighted by atomic mass is 9.98. The predicted octanol–water partition coefficient (Wildman–Crippen LogP) is 2.35. The molecule has 0 aromatic heterocycles. The standard InChI is InChI=1S/C14H13N3O3/c15-14(18)16-13(10-4-2-1-3-5-10)11-6-8-12(9-7-11)17(19)20/h1-9,13H,(H3,15,16,18). The third kappa shape index (κ3) is 3.11. The molecule has 3 N–H and O–H groups in total. The third-order valence-corrected chi connectivity index (χ3v) is 2.86. The number of hydrogen-bond donors (Lipinski definition) is 2. The van der Waals surface area contributed by atoms with Crippen LogP contribution in [0.25, 0.3) is 0 Å². The van der Waals surface area contributed by atoms with Crippen LogP contribution < -0.4 is 11.1 Å². The lowest BCUT2D eigenvalue weighted by molar-refractivity contribution is -0.384. The molecule has 0 aliphatic rings. The molecule has 0 heterocycles. The van der Waals surface area contributed by atoms with Crippen molar-refractivity contribution in [3.05, 3.63) is 75.8 Å². The van der Waals surface area contributed by atoms with E-state index < -0.39 is 17.0 Å². The maximum Gasteiger partial charge on any atom is 0.312 e. The Morgan fingerprint density at radius 3 is 2.10 bits per heavy atom. The van der Waals surface area contributed by atoms with E-state index in [1.165, 1.54) is 12.1 Å². The van der Waals surface area contributed by atoms with Gasteiger partial charge in [-0.3, -0.25) is 10.1 Å². The summed E-state index contributed by atoms with van der Waals surface area (Å²) in [4.78, 5) is 21.3. The molecule has 0 radical (unpaired) electrons. The number of nitrogens with two attached hydrogens (primary N) is 1. The zero-order valence-corrected chi connectivity index (χ0v) is 10.5. The monoisotopic (exact) mass is 271 g/mol. The number of nitro groups is 1. The van der Waals surface area contributed by atoms with Gasteiger partial charge in [-0.2, -0.15) is 0 Å². The van der Waals surface area contributed by atoms with Crippen LogP contribution in [0.1, 0.15) is 17.2 Å². The fourth-order valence-corrected chi connectivity index (χ4v) is 1.94. The largest absolute Gasteiger partial charge is 0.352 e. The Morgan fingerprint density at radius 2 is 1.60 bits per heavy atom. The van der Waals surface area contributed by atoms with E-state index in [2.05, 4.69) is 5.32 Å². The molecule has 2 amide bonds. The Bertz CT molecular complexity index is 611. The molecule has 0 bridgehead atoms. The van der Waals surface area contributed by atoms with E-state index in [4.69, 9.17) is 5.73 Å². The van der Waals surface area contributed by atoms with Crippen LogP contribution in [-0.2, 0) is 0 Å². The molecule has 1 atom stereocenters. The molecule has 0 spiro atoms. The van der Waals surface area contributed by atoms with Crippen LogP contribution in [0.5, 0.6) is 0 Å². The number of hydrogen-bond acceptors (Lipinski definition) is 3. The average Bonchev–Trinajstić information content (AvgIpc) is 2.45. The molecule has 0 aliphatic carbocycles. The maximum absolute atomic E-state index is 11.1. The van der Waals surface area contributed by atoms with Gasteiger partial charge in [0.1, 0.15) is 0 Å². The second kappa shape index (κ2) is 5.83. The van der Waals surface area contributed by atoms with Gasteiger partial charge in [0.25, 0.3) is 5.69 Å². The zero-order chi connectivity index (χ0) is 14.5. The summed E-state index contributed by atoms with van der Waals surface area (Å²) < 4.78 is 0. The minimum Gasteiger partial charge on any atom is -0.352 e. The van der Waals surface area contributed by atoms with Gasteiger partial charge >= 0.3 is 6.03 Å². The molecule has 0 aliphatic heterocycles. The van der Waals surface area contributed by atoms with E-state index in [-0.39, 0.29) is 5.69 Å². The highest BCUT2D eigenvalue weighted by molar-refractivity contribution is 5.73. The minimum absolute atomic E-state index is 0.000336. The summed E-state index contributed by atoms with van der Waals surface area (Å²) >= 11 is 0. The highest BCUT2D eigenvalue weighted by Gasteiger charge is 2.16. The SMILES string of the molecule is NC(=O)NC(c1ccccc1)c1ccc([N+](=O)[O-])cc1. The fraction of sp³-hybridized carbons (Fsp3) is 0.0714. The normalized spacial score (nSPS) is 11.6. The van der Waals surface area contributed by atoms with Crippen molar-refractivity contribution >= 4 is 11.7 Å². The molecule has 2 aromatic carbocycles. The maximum atomic E-state index is 11.1. The number of nitro benzene ring substituents is 1. The topological polar surface area (TPSA) is 98.3 Å². The first-order valence-electron chi connectivity index (χ1n) is 5.93. The first kappa shape index (κ1) is 13.5. The van der Waals surface area contributed by atoms with Crippen molar-refractivity contribution in [1.29, 1.82) is 0 Å². The van der Waals surface area contributed by atoms with Gasteiger partial charge in [-0.25, -0.2) is 4.79 Å². The summed E-state index contributed by atoms with van der Waals surface area (Å²) in [6.45, 7) is 0. The number of amides is 2. The Morgan fingerprint density at radius 1 is 1.05 bits per heavy atom. The molecule has 0 fully saturated rings. The van der Waals surface area contributed by atoms with Crippen LogP contribution in [-0.4, -0.2) is 11.0 Å². The summed E-state index contributed by atoms with van der Waals surface area (Å²) in [5, 5.41) is 13.3. The van der Waals surface area contributed by atoms with Gasteiger partial charge < -0.3 is 11.1 Å². The number of primary amides is 1. The third-order valence-electron chi connectivity index (χ3n) is 2.86. The summed E-state index contributed by atoms with van der Waals surface area (Å²) in [7, 11) is 0. The van der Waals surface area contributed by atoms with Gasteiger partial charge in [0.2, 0.25) is 0 Å². The Kier molecular flexibility index (Phi) is 3.95. The van der Waals surface area contributed by atoms with Crippen molar-refractivity contribution in [3.63, 3.8) is 0 Å². The van der Waals surface area contributed by atoms with E-state index in [9.17, 15) is 14.9 Å². The molecule has 2 aromatic rings. The summed E-state index contributed by atoms with van der Waals surface area (Å²) in [5.41, 5.74) is 6.76. The van der Waals surface area contributed by atoms with Crippen LogP contribution in [0, 0.1) is 10.1 Å². The van der Waals surface area contributed by atoms with Gasteiger partial charge in [0.05, 0.1) is 11.0 Å². The summed E-state index contributed by atoms with van der Waals surface area (Å²) in [5.74, 6) is 0. The zero-order valence-electron chi connectivity index (χ0n) is 10.5. The molecule has 20 heavy (non-hydrogen) atoms. The Hall–Kier alpha value is -2.89. The average molecular weight is 271 g/mol. The molecule has 6 heteroatoms. The van der Waals surface area contributed by atoms with Gasteiger partial charge in [-0.05, 0) is 23.3 Å². The van der Waals surface area contributed by atoms with Gasteiger partial charge in [0.15, 0.2) is 0 Å². The van der Waals surface area contributed by atoms with Gasteiger partial charge in [0, 0.05) is 12.1 Å². The molecule has 2 rings (SSSR count). The first-order chi connectivity index (χ1) is 9.58. The lowest BCUT2D eigenvalue weighted by Crippen LogP contribution is -2.33. The number of non-ortho nitro benzene ring substituents is 1. The van der Waals surface area contributed by atoms with Crippen LogP contribution in [0.2, 0.25) is 0 Å². The van der Waals surface area contributed by atoms with Crippen molar-refractivity contribution in [2.45, 2.75) is 6.04 Å². The Labute approximate surface area is 115 Å². The van der Waals surface area contributed by atoms with Crippen LogP contribution in [0.4, 0.5) is 10.5 Å². The van der Waals surface area contributed by atoms with Crippen molar-refractivity contribution in [2.75, 3.05) is 0 Å². The summed E-state index contributed by atoms with van der Waals surface area (Å²) in [6, 6.07) is 14.2. The van der Waals surface area contributed by atoms with Crippen LogP contribution >= 0.6 is 0 Å². The van der Waals surface area contributed by atoms with Gasteiger partial charge in [-0.15, -0.1) is 0 Å². The second-order valence-electron chi connectivity index (χ2n) is 4.20. The van der Waals surface area contributed by atoms with Gasteiger partial charge in [-0.1, -0.05) is 30.3 Å². The minimum atomic E-state index is -0.655. The lowest BCUT2D eigenvalue weighted by Gasteiger charge is -2.18.